The number of nitrogens with zero attached hydrogens (tertiary/aromatic N) is 1. The Hall–Kier alpha value is -1.11. The highest BCUT2D eigenvalue weighted by atomic mass is 16.6. The van der Waals surface area contributed by atoms with Crippen LogP contribution in [-0.4, -0.2) is 57.6 Å². The molecule has 4 rings (SSSR count). The smallest absolute Gasteiger partial charge is 0.247 e. The van der Waals surface area contributed by atoms with Crippen LogP contribution in [0.2, 0.25) is 0 Å². The van der Waals surface area contributed by atoms with Crippen LogP contribution in [0.3, 0.4) is 0 Å². The zero-order chi connectivity index (χ0) is 11.1. The van der Waals surface area contributed by atoms with Crippen molar-refractivity contribution in [3.63, 3.8) is 0 Å². The number of hydrogen-bond donors (Lipinski definition) is 3. The highest BCUT2D eigenvalue weighted by Gasteiger charge is 2.88. The minimum atomic E-state index is -0.633. The van der Waals surface area contributed by atoms with E-state index in [0.29, 0.717) is 0 Å². The Morgan fingerprint density at radius 3 is 3.19 bits per heavy atom. The average molecular weight is 224 g/mol. The number of nitrogens with one attached hydrogen (secondary N) is 1. The SMILES string of the molecule is O=C1C=CN2C(N1)C13O[C@@H](CO)C(O)C1[C@@H]23. The summed E-state index contributed by atoms with van der Waals surface area (Å²) < 4.78 is 5.71. The van der Waals surface area contributed by atoms with Gasteiger partial charge in [0.2, 0.25) is 5.91 Å². The lowest BCUT2D eigenvalue weighted by molar-refractivity contribution is -0.157. The Bertz CT molecular complexity index is 412. The van der Waals surface area contributed by atoms with Crippen molar-refractivity contribution < 1.29 is 19.7 Å². The summed E-state index contributed by atoms with van der Waals surface area (Å²) in [4.78, 5) is 13.2. The maximum atomic E-state index is 11.2. The van der Waals surface area contributed by atoms with E-state index in [1.54, 1.807) is 6.20 Å². The molecule has 1 amide bonds. The molecule has 3 heterocycles. The lowest BCUT2D eigenvalue weighted by atomic mass is 10.1. The molecule has 1 saturated carbocycles. The number of aliphatic hydroxyl groups is 2. The summed E-state index contributed by atoms with van der Waals surface area (Å²) in [7, 11) is 0. The normalized spacial score (nSPS) is 56.0. The molecule has 4 aliphatic rings. The van der Waals surface area contributed by atoms with Gasteiger partial charge in [0.05, 0.1) is 18.8 Å². The number of carbonyl (C=O) groups is 1. The molecule has 1 aliphatic carbocycles. The Balaban J connectivity index is 1.65. The van der Waals surface area contributed by atoms with Crippen LogP contribution < -0.4 is 5.32 Å². The lowest BCUT2D eigenvalue weighted by Crippen LogP contribution is -2.68. The fraction of sp³-hybridized carbons (Fsp3) is 0.700. The van der Waals surface area contributed by atoms with Crippen LogP contribution in [0.4, 0.5) is 0 Å². The third kappa shape index (κ3) is 0.704. The van der Waals surface area contributed by atoms with Gasteiger partial charge in [-0.1, -0.05) is 0 Å². The van der Waals surface area contributed by atoms with Crippen molar-refractivity contribution in [2.24, 2.45) is 5.92 Å². The summed E-state index contributed by atoms with van der Waals surface area (Å²) in [5, 5.41) is 21.8. The van der Waals surface area contributed by atoms with Crippen molar-refractivity contribution in [3.05, 3.63) is 12.3 Å². The van der Waals surface area contributed by atoms with Gasteiger partial charge in [-0.3, -0.25) is 4.79 Å². The average Bonchev–Trinajstić information content (AvgIpc) is 2.74. The van der Waals surface area contributed by atoms with E-state index in [9.17, 15) is 9.90 Å². The molecular formula is C10H12N2O4. The maximum absolute atomic E-state index is 11.2. The number of carbonyl (C=O) groups excluding carboxylic acids is 1. The van der Waals surface area contributed by atoms with Gasteiger partial charge >= 0.3 is 0 Å². The number of rotatable bonds is 1. The van der Waals surface area contributed by atoms with Gasteiger partial charge in [0.15, 0.2) is 0 Å². The molecule has 2 saturated heterocycles. The maximum Gasteiger partial charge on any atom is 0.247 e. The number of fused-ring (bicyclic) bond motifs is 3. The molecule has 86 valence electrons. The quantitative estimate of drug-likeness (QED) is 0.469. The molecule has 0 aromatic rings. The van der Waals surface area contributed by atoms with Crippen LogP contribution in [-0.2, 0) is 9.53 Å². The summed E-state index contributed by atoms with van der Waals surface area (Å²) in [6, 6.07) is 0.159. The van der Waals surface area contributed by atoms with E-state index in [-0.39, 0.29) is 30.6 Å². The molecule has 0 aromatic heterocycles. The molecule has 16 heavy (non-hydrogen) atoms. The Kier molecular flexibility index (Phi) is 1.36. The Labute approximate surface area is 91.5 Å². The topological polar surface area (TPSA) is 82.0 Å². The standard InChI is InChI=1S/C10H12N2O4/c13-3-4-7(15)6-8-10(6,16-4)9-11-5(14)1-2-12(8)9/h1-2,4,6-9,13,15H,3H2,(H,11,14)/t4-,6?,7?,8+,9?,10?/m0/s1. The van der Waals surface area contributed by atoms with Crippen LogP contribution in [0.15, 0.2) is 12.3 Å². The van der Waals surface area contributed by atoms with Gasteiger partial charge in [0.25, 0.3) is 0 Å². The molecule has 3 fully saturated rings. The molecule has 0 radical (unpaired) electrons. The van der Waals surface area contributed by atoms with E-state index < -0.39 is 17.8 Å². The molecule has 6 heteroatoms. The summed E-state index contributed by atoms with van der Waals surface area (Å²) in [6.07, 6.45) is 1.91. The Morgan fingerprint density at radius 2 is 2.44 bits per heavy atom. The van der Waals surface area contributed by atoms with Gasteiger partial charge < -0.3 is 25.2 Å². The second-order valence-corrected chi connectivity index (χ2v) is 4.83. The molecule has 3 N–H and O–H groups in total. The second-order valence-electron chi connectivity index (χ2n) is 4.83. The highest BCUT2D eigenvalue weighted by Crippen LogP contribution is 2.68. The van der Waals surface area contributed by atoms with Gasteiger partial charge in [-0.2, -0.15) is 0 Å². The first kappa shape index (κ1) is 8.98. The summed E-state index contributed by atoms with van der Waals surface area (Å²) in [5.41, 5.74) is -0.451. The van der Waals surface area contributed by atoms with Gasteiger partial charge in [0.1, 0.15) is 17.9 Å². The molecule has 1 spiro atoms. The van der Waals surface area contributed by atoms with Gasteiger partial charge in [-0.15, -0.1) is 0 Å². The Morgan fingerprint density at radius 1 is 1.62 bits per heavy atom. The zero-order valence-electron chi connectivity index (χ0n) is 8.41. The van der Waals surface area contributed by atoms with Crippen molar-refractivity contribution in [1.82, 2.24) is 10.2 Å². The van der Waals surface area contributed by atoms with Crippen molar-refractivity contribution in [2.45, 2.75) is 30.0 Å². The number of hydrogen-bond acceptors (Lipinski definition) is 5. The predicted molar refractivity (Wildman–Crippen MR) is 50.9 cm³/mol. The van der Waals surface area contributed by atoms with Crippen molar-refractivity contribution in [1.29, 1.82) is 0 Å². The minimum absolute atomic E-state index is 0.0118. The highest BCUT2D eigenvalue weighted by molar-refractivity contribution is 5.89. The summed E-state index contributed by atoms with van der Waals surface area (Å²) in [6.45, 7) is -0.178. The van der Waals surface area contributed by atoms with Crippen LogP contribution in [0, 0.1) is 5.92 Å². The first-order valence-corrected chi connectivity index (χ1v) is 5.43. The largest absolute Gasteiger partial charge is 0.394 e. The van der Waals surface area contributed by atoms with Crippen molar-refractivity contribution in [2.75, 3.05) is 6.61 Å². The monoisotopic (exact) mass is 224 g/mol. The van der Waals surface area contributed by atoms with E-state index in [2.05, 4.69) is 5.32 Å². The van der Waals surface area contributed by atoms with Gasteiger partial charge in [-0.25, -0.2) is 0 Å². The van der Waals surface area contributed by atoms with E-state index in [1.807, 2.05) is 4.90 Å². The predicted octanol–water partition coefficient (Wildman–Crippen LogP) is -2.24. The zero-order valence-corrected chi connectivity index (χ0v) is 8.41. The fourth-order valence-corrected chi connectivity index (χ4v) is 3.54. The number of aliphatic hydroxyl groups excluding tert-OH is 2. The van der Waals surface area contributed by atoms with Crippen LogP contribution in [0.25, 0.3) is 0 Å². The van der Waals surface area contributed by atoms with Crippen LogP contribution >= 0.6 is 0 Å². The number of ether oxygens (including phenoxy) is 1. The van der Waals surface area contributed by atoms with Gasteiger partial charge in [0, 0.05) is 18.2 Å². The molecule has 0 bridgehead atoms. The van der Waals surface area contributed by atoms with E-state index in [1.165, 1.54) is 6.08 Å². The van der Waals surface area contributed by atoms with E-state index in [4.69, 9.17) is 9.84 Å². The third-order valence-electron chi connectivity index (χ3n) is 4.22. The molecule has 6 nitrogen and oxygen atoms in total. The van der Waals surface area contributed by atoms with Crippen molar-refractivity contribution in [3.8, 4) is 0 Å². The third-order valence-corrected chi connectivity index (χ3v) is 4.22. The summed E-state index contributed by atoms with van der Waals surface area (Å²) in [5.74, 6) is -0.122. The minimum Gasteiger partial charge on any atom is -0.394 e. The first-order valence-electron chi connectivity index (χ1n) is 5.43. The summed E-state index contributed by atoms with van der Waals surface area (Å²) >= 11 is 0. The number of amides is 1. The van der Waals surface area contributed by atoms with Crippen molar-refractivity contribution >= 4 is 5.91 Å². The first-order chi connectivity index (χ1) is 7.70. The molecule has 0 aromatic carbocycles. The van der Waals surface area contributed by atoms with Gasteiger partial charge in [-0.05, 0) is 0 Å². The molecule has 4 unspecified atom stereocenters. The van der Waals surface area contributed by atoms with Crippen LogP contribution in [0.5, 0.6) is 0 Å². The molecular weight excluding hydrogens is 212 g/mol. The van der Waals surface area contributed by atoms with E-state index >= 15 is 0 Å². The fourth-order valence-electron chi connectivity index (χ4n) is 3.54. The van der Waals surface area contributed by atoms with Crippen LogP contribution in [0.1, 0.15) is 0 Å². The molecule has 3 aliphatic heterocycles. The lowest BCUT2D eigenvalue weighted by Gasteiger charge is -2.48. The molecule has 6 atom stereocenters. The second kappa shape index (κ2) is 2.42. The van der Waals surface area contributed by atoms with E-state index in [0.717, 1.165) is 0 Å².